The zero-order valence-corrected chi connectivity index (χ0v) is 25.1. The minimum absolute atomic E-state index is 0.0619. The van der Waals surface area contributed by atoms with Crippen LogP contribution >= 0.6 is 11.6 Å². The molecule has 0 spiro atoms. The van der Waals surface area contributed by atoms with Gasteiger partial charge in [0.1, 0.15) is 5.75 Å². The van der Waals surface area contributed by atoms with Gasteiger partial charge in [-0.25, -0.2) is 13.1 Å². The molecule has 0 aliphatic carbocycles. The second-order valence-corrected chi connectivity index (χ2v) is 13.1. The van der Waals surface area contributed by atoms with E-state index in [0.717, 1.165) is 35.5 Å². The summed E-state index contributed by atoms with van der Waals surface area (Å²) in [5.41, 5.74) is 3.52. The van der Waals surface area contributed by atoms with Crippen molar-refractivity contribution < 1.29 is 17.9 Å². The molecule has 2 atom stereocenters. The first kappa shape index (κ1) is 30.1. The number of benzene rings is 3. The summed E-state index contributed by atoms with van der Waals surface area (Å²) in [6.07, 6.45) is 0.572. The van der Waals surface area contributed by atoms with Crippen molar-refractivity contribution >= 4 is 27.5 Å². The molecular weight excluding hydrogens is 546 g/mol. The van der Waals surface area contributed by atoms with Crippen LogP contribution in [0.25, 0.3) is 0 Å². The van der Waals surface area contributed by atoms with Gasteiger partial charge in [0.05, 0.1) is 23.6 Å². The van der Waals surface area contributed by atoms with E-state index in [-0.39, 0.29) is 23.3 Å². The Bertz CT molecular complexity index is 1410. The highest BCUT2D eigenvalue weighted by atomic mass is 35.5. The van der Waals surface area contributed by atoms with Crippen LogP contribution in [0.4, 0.5) is 0 Å². The number of halogens is 1. The molecule has 40 heavy (non-hydrogen) atoms. The summed E-state index contributed by atoms with van der Waals surface area (Å²) in [5, 5.41) is 3.46. The monoisotopic (exact) mass is 583 g/mol. The van der Waals surface area contributed by atoms with Gasteiger partial charge in [0.2, 0.25) is 15.9 Å². The molecule has 2 N–H and O–H groups in total. The fourth-order valence-electron chi connectivity index (χ4n) is 5.15. The number of fused-ring (bicyclic) bond motifs is 1. The topological polar surface area (TPSA) is 87.7 Å². The second-order valence-electron chi connectivity index (χ2n) is 11.0. The van der Waals surface area contributed by atoms with Gasteiger partial charge in [0.25, 0.3) is 0 Å². The summed E-state index contributed by atoms with van der Waals surface area (Å²) in [6, 6.07) is 19.0. The van der Waals surface area contributed by atoms with E-state index in [9.17, 15) is 13.2 Å². The van der Waals surface area contributed by atoms with E-state index in [1.165, 1.54) is 6.07 Å². The van der Waals surface area contributed by atoms with Gasteiger partial charge < -0.3 is 15.0 Å². The molecule has 3 aromatic carbocycles. The van der Waals surface area contributed by atoms with Gasteiger partial charge in [0, 0.05) is 36.5 Å². The summed E-state index contributed by atoms with van der Waals surface area (Å²) < 4.78 is 35.3. The molecular formula is C31H38ClN3O4S. The number of carbonyl (C=O) groups is 1. The lowest BCUT2D eigenvalue weighted by Gasteiger charge is -2.28. The van der Waals surface area contributed by atoms with Crippen molar-refractivity contribution in [3.8, 4) is 5.75 Å². The molecule has 0 saturated heterocycles. The normalized spacial score (nSPS) is 15.9. The van der Waals surface area contributed by atoms with Crippen LogP contribution in [0.2, 0.25) is 5.02 Å². The van der Waals surface area contributed by atoms with E-state index in [2.05, 4.69) is 48.0 Å². The molecule has 0 radical (unpaired) electrons. The number of ether oxygens (including phenoxy) is 1. The van der Waals surface area contributed by atoms with Gasteiger partial charge in [0.15, 0.2) is 0 Å². The summed E-state index contributed by atoms with van der Waals surface area (Å²) in [4.78, 5) is 15.7. The van der Waals surface area contributed by atoms with Crippen LogP contribution in [-0.4, -0.2) is 39.4 Å². The van der Waals surface area contributed by atoms with E-state index in [0.29, 0.717) is 29.5 Å². The Hall–Kier alpha value is -2.91. The molecule has 9 heteroatoms. The third kappa shape index (κ3) is 8.07. The maximum atomic E-state index is 13.3. The first-order valence-corrected chi connectivity index (χ1v) is 15.4. The smallest absolute Gasteiger partial charge is 0.241 e. The van der Waals surface area contributed by atoms with Crippen LogP contribution in [0.3, 0.4) is 0 Å². The number of carbonyl (C=O) groups excluding carboxylic acids is 1. The van der Waals surface area contributed by atoms with E-state index in [1.807, 2.05) is 36.4 Å². The first-order valence-electron chi connectivity index (χ1n) is 13.6. The molecule has 0 bridgehead atoms. The molecule has 1 aliphatic rings. The average Bonchev–Trinajstić information content (AvgIpc) is 2.87. The van der Waals surface area contributed by atoms with Gasteiger partial charge in [-0.1, -0.05) is 67.9 Å². The van der Waals surface area contributed by atoms with Crippen molar-refractivity contribution in [1.82, 2.24) is 14.9 Å². The number of nitrogens with zero attached hydrogens (tertiary/aromatic N) is 1. The minimum atomic E-state index is -3.94. The maximum absolute atomic E-state index is 13.3. The predicted molar refractivity (Wildman–Crippen MR) is 159 cm³/mol. The average molecular weight is 584 g/mol. The van der Waals surface area contributed by atoms with Gasteiger partial charge in [-0.15, -0.1) is 0 Å². The van der Waals surface area contributed by atoms with Crippen molar-refractivity contribution in [2.45, 2.75) is 57.1 Å². The zero-order valence-electron chi connectivity index (χ0n) is 23.5. The molecule has 2 unspecified atom stereocenters. The molecule has 1 aliphatic heterocycles. The molecule has 7 nitrogen and oxygen atoms in total. The SMILES string of the molecule is Cc1cc(Cl)cc(S(=O)(=O)NC(CC(=O)NC2CCOc3cc(CN(C)CC(C)C)ccc32)c2ccccc2)c1. The largest absolute Gasteiger partial charge is 0.493 e. The lowest BCUT2D eigenvalue weighted by atomic mass is 9.97. The Morgan fingerprint density at radius 2 is 1.85 bits per heavy atom. The highest BCUT2D eigenvalue weighted by molar-refractivity contribution is 7.89. The molecule has 0 aromatic heterocycles. The van der Waals surface area contributed by atoms with Crippen molar-refractivity contribution in [1.29, 1.82) is 0 Å². The van der Waals surface area contributed by atoms with Crippen molar-refractivity contribution in [2.75, 3.05) is 20.2 Å². The standard InChI is InChI=1S/C31H38ClN3O4S/c1-21(2)19-35(4)20-23-10-11-27-28(12-13-39-30(27)16-23)33-31(36)18-29(24-8-6-5-7-9-24)34-40(37,38)26-15-22(3)14-25(32)17-26/h5-11,14-17,21,28-29,34H,12-13,18-20H2,1-4H3,(H,33,36). The molecule has 3 aromatic rings. The number of nitrogens with one attached hydrogen (secondary N) is 2. The lowest BCUT2D eigenvalue weighted by Crippen LogP contribution is -2.36. The van der Waals surface area contributed by atoms with Gasteiger partial charge in [-0.2, -0.15) is 0 Å². The van der Waals surface area contributed by atoms with E-state index >= 15 is 0 Å². The van der Waals surface area contributed by atoms with Crippen LogP contribution in [-0.2, 0) is 21.4 Å². The lowest BCUT2D eigenvalue weighted by molar-refractivity contribution is -0.122. The number of sulfonamides is 1. The highest BCUT2D eigenvalue weighted by Crippen LogP contribution is 2.33. The third-order valence-electron chi connectivity index (χ3n) is 6.80. The highest BCUT2D eigenvalue weighted by Gasteiger charge is 2.28. The van der Waals surface area contributed by atoms with Gasteiger partial charge >= 0.3 is 0 Å². The first-order chi connectivity index (χ1) is 19.0. The molecule has 4 rings (SSSR count). The van der Waals surface area contributed by atoms with E-state index < -0.39 is 16.1 Å². The van der Waals surface area contributed by atoms with Crippen LogP contribution in [0.5, 0.6) is 5.75 Å². The fraction of sp³-hybridized carbons (Fsp3) is 0.387. The van der Waals surface area contributed by atoms with E-state index in [1.54, 1.807) is 19.1 Å². The Labute approximate surface area is 242 Å². The molecule has 1 heterocycles. The number of hydrogen-bond acceptors (Lipinski definition) is 5. The Balaban J connectivity index is 1.49. The van der Waals surface area contributed by atoms with Crippen LogP contribution < -0.4 is 14.8 Å². The number of hydrogen-bond donors (Lipinski definition) is 2. The third-order valence-corrected chi connectivity index (χ3v) is 8.47. The maximum Gasteiger partial charge on any atom is 0.241 e. The number of aryl methyl sites for hydroxylation is 1. The molecule has 214 valence electrons. The molecule has 0 fully saturated rings. The quantitative estimate of drug-likeness (QED) is 0.298. The number of rotatable bonds is 11. The Kier molecular flexibility index (Phi) is 9.90. The van der Waals surface area contributed by atoms with Crippen LogP contribution in [0, 0.1) is 12.8 Å². The Morgan fingerprint density at radius 1 is 1.10 bits per heavy atom. The second kappa shape index (κ2) is 13.2. The van der Waals surface area contributed by atoms with Gasteiger partial charge in [-0.3, -0.25) is 4.79 Å². The minimum Gasteiger partial charge on any atom is -0.493 e. The number of amides is 1. The van der Waals surface area contributed by atoms with Gasteiger partial charge in [-0.05, 0) is 60.8 Å². The summed E-state index contributed by atoms with van der Waals surface area (Å²) >= 11 is 6.13. The fourth-order valence-corrected chi connectivity index (χ4v) is 6.85. The molecule has 1 amide bonds. The Morgan fingerprint density at radius 3 is 2.55 bits per heavy atom. The van der Waals surface area contributed by atoms with Crippen LogP contribution in [0.1, 0.15) is 61.0 Å². The van der Waals surface area contributed by atoms with Crippen molar-refractivity contribution in [3.63, 3.8) is 0 Å². The van der Waals surface area contributed by atoms with E-state index in [4.69, 9.17) is 16.3 Å². The zero-order chi connectivity index (χ0) is 28.9. The summed E-state index contributed by atoms with van der Waals surface area (Å²) in [5.74, 6) is 1.11. The van der Waals surface area contributed by atoms with Crippen molar-refractivity contribution in [3.05, 3.63) is 94.0 Å². The summed E-state index contributed by atoms with van der Waals surface area (Å²) in [7, 11) is -1.84. The van der Waals surface area contributed by atoms with Crippen molar-refractivity contribution in [2.24, 2.45) is 5.92 Å². The molecule has 0 saturated carbocycles. The summed E-state index contributed by atoms with van der Waals surface area (Å²) in [6.45, 7) is 8.49. The van der Waals surface area contributed by atoms with Crippen LogP contribution in [0.15, 0.2) is 71.6 Å². The predicted octanol–water partition coefficient (Wildman–Crippen LogP) is 5.79.